The van der Waals surface area contributed by atoms with Crippen molar-refractivity contribution in [2.45, 2.75) is 19.4 Å². The zero-order valence-corrected chi connectivity index (χ0v) is 11.4. The van der Waals surface area contributed by atoms with Gasteiger partial charge in [0.1, 0.15) is 5.82 Å². The zero-order chi connectivity index (χ0) is 14.1. The van der Waals surface area contributed by atoms with Gasteiger partial charge >= 0.3 is 0 Å². The number of anilines is 2. The van der Waals surface area contributed by atoms with Gasteiger partial charge in [-0.15, -0.1) is 0 Å². The SMILES string of the molecule is NNc1ncc(CN2C(=O)CCc3ccc(F)cc32)s1. The molecule has 7 heteroatoms. The number of nitrogens with two attached hydrogens (primary N) is 1. The molecule has 0 saturated heterocycles. The minimum atomic E-state index is -0.336. The van der Waals surface area contributed by atoms with Crippen LogP contribution in [0.1, 0.15) is 16.9 Å². The van der Waals surface area contributed by atoms with Crippen LogP contribution >= 0.6 is 11.3 Å². The molecule has 0 unspecified atom stereocenters. The highest BCUT2D eigenvalue weighted by molar-refractivity contribution is 7.15. The predicted octanol–water partition coefficient (Wildman–Crippen LogP) is 2.05. The number of hydrazine groups is 1. The maximum atomic E-state index is 13.4. The minimum absolute atomic E-state index is 0.00115. The van der Waals surface area contributed by atoms with Gasteiger partial charge in [0.05, 0.1) is 12.2 Å². The Hall–Kier alpha value is -1.99. The van der Waals surface area contributed by atoms with Crippen LogP contribution in [0.25, 0.3) is 0 Å². The molecule has 1 aliphatic rings. The summed E-state index contributed by atoms with van der Waals surface area (Å²) in [6.45, 7) is 0.384. The van der Waals surface area contributed by atoms with E-state index in [1.54, 1.807) is 17.2 Å². The fraction of sp³-hybridized carbons (Fsp3) is 0.231. The van der Waals surface area contributed by atoms with E-state index < -0.39 is 0 Å². The molecule has 0 saturated carbocycles. The standard InChI is InChI=1S/C13H13FN4OS/c14-9-3-1-8-2-4-12(19)18(11(8)5-9)7-10-6-16-13(17-15)20-10/h1,3,5-6H,2,4,7,15H2,(H,16,17). The molecule has 1 aliphatic heterocycles. The Morgan fingerprint density at radius 3 is 3.05 bits per heavy atom. The highest BCUT2D eigenvalue weighted by atomic mass is 32.1. The number of thiazole rings is 1. The summed E-state index contributed by atoms with van der Waals surface area (Å²) in [5.41, 5.74) is 4.11. The van der Waals surface area contributed by atoms with Crippen LogP contribution in [0.4, 0.5) is 15.2 Å². The quantitative estimate of drug-likeness (QED) is 0.671. The van der Waals surface area contributed by atoms with Crippen molar-refractivity contribution in [3.8, 4) is 0 Å². The molecule has 1 aromatic carbocycles. The lowest BCUT2D eigenvalue weighted by Crippen LogP contribution is -2.34. The third-order valence-corrected chi connectivity index (χ3v) is 4.15. The van der Waals surface area contributed by atoms with Crippen LogP contribution < -0.4 is 16.2 Å². The van der Waals surface area contributed by atoms with E-state index in [0.717, 1.165) is 10.4 Å². The van der Waals surface area contributed by atoms with Gasteiger partial charge in [0.25, 0.3) is 0 Å². The van der Waals surface area contributed by atoms with Crippen LogP contribution in [0.2, 0.25) is 0 Å². The summed E-state index contributed by atoms with van der Waals surface area (Å²) in [5, 5.41) is 0.587. The first kappa shape index (κ1) is 13.0. The van der Waals surface area contributed by atoms with Crippen molar-refractivity contribution in [3.63, 3.8) is 0 Å². The Bertz CT molecular complexity index is 658. The molecule has 0 bridgehead atoms. The fourth-order valence-electron chi connectivity index (χ4n) is 2.29. The Kier molecular flexibility index (Phi) is 3.37. The second kappa shape index (κ2) is 5.18. The lowest BCUT2D eigenvalue weighted by Gasteiger charge is -2.29. The molecular weight excluding hydrogens is 279 g/mol. The number of rotatable bonds is 3. The van der Waals surface area contributed by atoms with E-state index in [1.165, 1.54) is 23.5 Å². The number of hydrogen-bond acceptors (Lipinski definition) is 5. The average Bonchev–Trinajstić information content (AvgIpc) is 2.90. The number of fused-ring (bicyclic) bond motifs is 1. The number of nitrogens with zero attached hydrogens (tertiary/aromatic N) is 2. The number of aryl methyl sites for hydroxylation is 1. The molecule has 20 heavy (non-hydrogen) atoms. The molecule has 0 aliphatic carbocycles. The Labute approximate surface area is 119 Å². The summed E-state index contributed by atoms with van der Waals surface area (Å²) < 4.78 is 13.4. The van der Waals surface area contributed by atoms with Crippen LogP contribution in [0.3, 0.4) is 0 Å². The van der Waals surface area contributed by atoms with E-state index in [2.05, 4.69) is 10.4 Å². The Morgan fingerprint density at radius 2 is 2.30 bits per heavy atom. The third-order valence-electron chi connectivity index (χ3n) is 3.24. The molecule has 1 amide bonds. The summed E-state index contributed by atoms with van der Waals surface area (Å²) in [6.07, 6.45) is 2.77. The van der Waals surface area contributed by atoms with Gasteiger partial charge < -0.3 is 4.90 Å². The largest absolute Gasteiger partial charge is 0.307 e. The number of carbonyl (C=O) groups is 1. The van der Waals surface area contributed by atoms with E-state index in [1.807, 2.05) is 0 Å². The summed E-state index contributed by atoms with van der Waals surface area (Å²) in [6, 6.07) is 4.58. The summed E-state index contributed by atoms with van der Waals surface area (Å²) in [7, 11) is 0. The van der Waals surface area contributed by atoms with Crippen molar-refractivity contribution in [3.05, 3.63) is 40.7 Å². The van der Waals surface area contributed by atoms with Crippen LogP contribution in [-0.4, -0.2) is 10.9 Å². The topological polar surface area (TPSA) is 71.2 Å². The summed E-state index contributed by atoms with van der Waals surface area (Å²) >= 11 is 1.37. The lowest BCUT2D eigenvalue weighted by molar-refractivity contribution is -0.119. The number of nitrogens with one attached hydrogen (secondary N) is 1. The zero-order valence-electron chi connectivity index (χ0n) is 10.6. The van der Waals surface area contributed by atoms with Gasteiger partial charge in [-0.2, -0.15) is 0 Å². The highest BCUT2D eigenvalue weighted by Gasteiger charge is 2.25. The normalized spacial score (nSPS) is 14.3. The Morgan fingerprint density at radius 1 is 1.45 bits per heavy atom. The lowest BCUT2D eigenvalue weighted by atomic mass is 10.0. The first-order valence-electron chi connectivity index (χ1n) is 6.17. The van der Waals surface area contributed by atoms with Crippen molar-refractivity contribution in [2.24, 2.45) is 5.84 Å². The van der Waals surface area contributed by atoms with Crippen molar-refractivity contribution in [1.82, 2.24) is 4.98 Å². The Balaban J connectivity index is 1.92. The smallest absolute Gasteiger partial charge is 0.227 e. The van der Waals surface area contributed by atoms with Crippen LogP contribution in [-0.2, 0) is 17.8 Å². The van der Waals surface area contributed by atoms with E-state index in [-0.39, 0.29) is 11.7 Å². The molecule has 2 heterocycles. The maximum Gasteiger partial charge on any atom is 0.227 e. The number of aromatic nitrogens is 1. The van der Waals surface area contributed by atoms with Crippen LogP contribution in [0.15, 0.2) is 24.4 Å². The van der Waals surface area contributed by atoms with Gasteiger partial charge in [-0.1, -0.05) is 17.4 Å². The maximum absolute atomic E-state index is 13.4. The molecule has 0 radical (unpaired) electrons. The molecular formula is C13H13FN4OS. The van der Waals surface area contributed by atoms with Crippen LogP contribution in [0, 0.1) is 5.82 Å². The number of halogens is 1. The molecule has 0 atom stereocenters. The molecule has 2 aromatic rings. The van der Waals surface area contributed by atoms with Crippen LogP contribution in [0.5, 0.6) is 0 Å². The first-order valence-corrected chi connectivity index (χ1v) is 6.99. The van der Waals surface area contributed by atoms with E-state index in [4.69, 9.17) is 5.84 Å². The molecule has 3 rings (SSSR count). The van der Waals surface area contributed by atoms with Crippen molar-refractivity contribution >= 4 is 28.1 Å². The first-order chi connectivity index (χ1) is 9.67. The molecule has 3 N–H and O–H groups in total. The monoisotopic (exact) mass is 292 g/mol. The van der Waals surface area contributed by atoms with E-state index >= 15 is 0 Å². The van der Waals surface area contributed by atoms with E-state index in [0.29, 0.717) is 30.2 Å². The number of nitrogen functional groups attached to an aromatic ring is 1. The highest BCUT2D eigenvalue weighted by Crippen LogP contribution is 2.31. The number of amides is 1. The number of carbonyl (C=O) groups excluding carboxylic acids is 1. The van der Waals surface area contributed by atoms with Crippen molar-refractivity contribution in [1.29, 1.82) is 0 Å². The summed E-state index contributed by atoms with van der Waals surface area (Å²) in [5.74, 6) is 4.95. The van der Waals surface area contributed by atoms with E-state index in [9.17, 15) is 9.18 Å². The molecule has 5 nitrogen and oxygen atoms in total. The number of hydrogen-bond donors (Lipinski definition) is 2. The van der Waals surface area contributed by atoms with Gasteiger partial charge in [0.15, 0.2) is 5.13 Å². The second-order valence-electron chi connectivity index (χ2n) is 4.53. The molecule has 1 aromatic heterocycles. The second-order valence-corrected chi connectivity index (χ2v) is 5.64. The third kappa shape index (κ3) is 2.37. The fourth-order valence-corrected chi connectivity index (χ4v) is 3.00. The minimum Gasteiger partial charge on any atom is -0.307 e. The predicted molar refractivity (Wildman–Crippen MR) is 75.8 cm³/mol. The summed E-state index contributed by atoms with van der Waals surface area (Å²) in [4.78, 5) is 18.7. The van der Waals surface area contributed by atoms with Gasteiger partial charge in [-0.3, -0.25) is 10.2 Å². The van der Waals surface area contributed by atoms with Gasteiger partial charge in [0.2, 0.25) is 5.91 Å². The van der Waals surface area contributed by atoms with Crippen molar-refractivity contribution < 1.29 is 9.18 Å². The average molecular weight is 292 g/mol. The number of benzene rings is 1. The van der Waals surface area contributed by atoms with Gasteiger partial charge in [0, 0.05) is 17.5 Å². The van der Waals surface area contributed by atoms with Gasteiger partial charge in [-0.05, 0) is 24.1 Å². The molecule has 0 fully saturated rings. The van der Waals surface area contributed by atoms with Gasteiger partial charge in [-0.25, -0.2) is 15.2 Å². The molecule has 104 valence electrons. The van der Waals surface area contributed by atoms with Crippen molar-refractivity contribution in [2.75, 3.05) is 10.3 Å². The molecule has 0 spiro atoms.